The number of carbonyl (C=O) groups is 1. The summed E-state index contributed by atoms with van der Waals surface area (Å²) in [6.07, 6.45) is 4.25. The molecule has 1 aliphatic carbocycles. The van der Waals surface area contributed by atoms with Gasteiger partial charge >= 0.3 is 5.97 Å². The van der Waals surface area contributed by atoms with Crippen molar-refractivity contribution in [2.75, 3.05) is 39.1 Å². The summed E-state index contributed by atoms with van der Waals surface area (Å²) in [6.45, 7) is 5.19. The molecule has 0 aliphatic heterocycles. The lowest BCUT2D eigenvalue weighted by atomic mass is 10.1. The Morgan fingerprint density at radius 1 is 1.29 bits per heavy atom. The molecule has 1 N–H and O–H groups in total. The Morgan fingerprint density at radius 3 is 2.71 bits per heavy atom. The highest BCUT2D eigenvalue weighted by Gasteiger charge is 2.26. The maximum atomic E-state index is 14.0. The molecule has 0 amide bonds. The van der Waals surface area contributed by atoms with E-state index in [1.807, 2.05) is 0 Å². The molecule has 1 aliphatic rings. The lowest BCUT2D eigenvalue weighted by molar-refractivity contribution is -0.141. The van der Waals surface area contributed by atoms with Crippen LogP contribution in [0, 0.1) is 11.7 Å². The molecule has 1 aromatic rings. The number of carbonyl (C=O) groups excluding carboxylic acids is 1. The van der Waals surface area contributed by atoms with Crippen molar-refractivity contribution >= 4 is 16.0 Å². The van der Waals surface area contributed by atoms with E-state index in [1.54, 1.807) is 33.0 Å². The van der Waals surface area contributed by atoms with Crippen LogP contribution in [-0.4, -0.2) is 57.8 Å². The quantitative estimate of drug-likeness (QED) is 0.321. The van der Waals surface area contributed by atoms with Crippen molar-refractivity contribution in [1.82, 2.24) is 9.62 Å². The van der Waals surface area contributed by atoms with Crippen LogP contribution in [0.2, 0.25) is 0 Å². The number of nitrogens with zero attached hydrogens (tertiary/aromatic N) is 1. The van der Waals surface area contributed by atoms with E-state index in [2.05, 4.69) is 5.32 Å². The molecule has 0 unspecified atom stereocenters. The number of esters is 1. The second kappa shape index (κ2) is 12.4. The molecule has 0 radical (unpaired) electrons. The monoisotopic (exact) mass is 458 g/mol. The minimum atomic E-state index is -3.46. The highest BCUT2D eigenvalue weighted by Crippen LogP contribution is 2.32. The van der Waals surface area contributed by atoms with Crippen LogP contribution in [0.5, 0.6) is 5.75 Å². The first-order valence-electron chi connectivity index (χ1n) is 11.0. The van der Waals surface area contributed by atoms with Crippen LogP contribution >= 0.6 is 0 Å². The standard InChI is InChI=1S/C22H35FN2O5S/c1-4-29-22(26)15-24-12-6-5-7-13-31(27,28)25(3)17(2)19-10-11-20(23)21(14-19)30-16-18-8-9-18/h10-11,14,17-18,24H,4-9,12-13,15-16H2,1-3H3/t17-/m1/s1. The van der Waals surface area contributed by atoms with Gasteiger partial charge in [0.15, 0.2) is 11.6 Å². The van der Waals surface area contributed by atoms with Gasteiger partial charge in [0.25, 0.3) is 0 Å². The van der Waals surface area contributed by atoms with E-state index in [0.29, 0.717) is 37.7 Å². The third-order valence-corrected chi connectivity index (χ3v) is 7.42. The lowest BCUT2D eigenvalue weighted by Crippen LogP contribution is -2.32. The van der Waals surface area contributed by atoms with Gasteiger partial charge in [0.05, 0.1) is 25.5 Å². The summed E-state index contributed by atoms with van der Waals surface area (Å²) in [4.78, 5) is 11.2. The number of hydrogen-bond donors (Lipinski definition) is 1. The first kappa shape index (κ1) is 25.5. The van der Waals surface area contributed by atoms with Crippen LogP contribution < -0.4 is 10.1 Å². The summed E-state index contributed by atoms with van der Waals surface area (Å²) in [5.41, 5.74) is 0.696. The summed E-state index contributed by atoms with van der Waals surface area (Å²) in [5, 5.41) is 2.98. The fourth-order valence-corrected chi connectivity index (χ4v) is 4.55. The van der Waals surface area contributed by atoms with E-state index >= 15 is 0 Å². The average Bonchev–Trinajstić information content (AvgIpc) is 3.56. The van der Waals surface area contributed by atoms with Crippen LogP contribution in [-0.2, 0) is 19.6 Å². The third kappa shape index (κ3) is 8.74. The molecule has 31 heavy (non-hydrogen) atoms. The number of sulfonamides is 1. The smallest absolute Gasteiger partial charge is 0.319 e. The molecule has 1 saturated carbocycles. The molecular formula is C22H35FN2O5S. The molecule has 176 valence electrons. The summed E-state index contributed by atoms with van der Waals surface area (Å²) < 4.78 is 51.2. The largest absolute Gasteiger partial charge is 0.490 e. The summed E-state index contributed by atoms with van der Waals surface area (Å²) in [6, 6.07) is 4.10. The van der Waals surface area contributed by atoms with Crippen molar-refractivity contribution in [3.05, 3.63) is 29.6 Å². The molecule has 0 heterocycles. The van der Waals surface area contributed by atoms with Gasteiger partial charge in [-0.15, -0.1) is 0 Å². The van der Waals surface area contributed by atoms with Gasteiger partial charge in [0.2, 0.25) is 10.0 Å². The van der Waals surface area contributed by atoms with Crippen LogP contribution in [0.15, 0.2) is 18.2 Å². The Kier molecular flexibility index (Phi) is 10.2. The maximum Gasteiger partial charge on any atom is 0.319 e. The maximum absolute atomic E-state index is 14.0. The summed E-state index contributed by atoms with van der Waals surface area (Å²) in [7, 11) is -1.91. The number of benzene rings is 1. The zero-order chi connectivity index (χ0) is 22.9. The Hall–Kier alpha value is -1.71. The molecule has 7 nitrogen and oxygen atoms in total. The van der Waals surface area contributed by atoms with E-state index in [-0.39, 0.29) is 24.0 Å². The van der Waals surface area contributed by atoms with Crippen molar-refractivity contribution in [2.24, 2.45) is 5.92 Å². The third-order valence-electron chi connectivity index (χ3n) is 5.42. The van der Waals surface area contributed by atoms with Crippen LogP contribution in [0.3, 0.4) is 0 Å². The van der Waals surface area contributed by atoms with Crippen LogP contribution in [0.1, 0.15) is 57.6 Å². The zero-order valence-corrected chi connectivity index (χ0v) is 19.5. The lowest BCUT2D eigenvalue weighted by Gasteiger charge is -2.25. The Bertz CT molecular complexity index is 814. The topological polar surface area (TPSA) is 84.9 Å². The first-order valence-corrected chi connectivity index (χ1v) is 12.6. The van der Waals surface area contributed by atoms with Crippen molar-refractivity contribution in [1.29, 1.82) is 0 Å². The van der Waals surface area contributed by atoms with Gasteiger partial charge < -0.3 is 14.8 Å². The van der Waals surface area contributed by atoms with Gasteiger partial charge in [-0.1, -0.05) is 12.5 Å². The normalized spacial score (nSPS) is 15.1. The van der Waals surface area contributed by atoms with Gasteiger partial charge in [-0.25, -0.2) is 12.8 Å². The van der Waals surface area contributed by atoms with Crippen molar-refractivity contribution < 1.29 is 27.1 Å². The van der Waals surface area contributed by atoms with E-state index in [9.17, 15) is 17.6 Å². The van der Waals surface area contributed by atoms with Gasteiger partial charge in [-0.3, -0.25) is 4.79 Å². The molecule has 0 bridgehead atoms. The number of unbranched alkanes of at least 4 members (excludes halogenated alkanes) is 2. The molecular weight excluding hydrogens is 423 g/mol. The second-order valence-electron chi connectivity index (χ2n) is 7.99. The second-order valence-corrected chi connectivity index (χ2v) is 10.1. The molecule has 1 fully saturated rings. The highest BCUT2D eigenvalue weighted by molar-refractivity contribution is 7.89. The fraction of sp³-hybridized carbons (Fsp3) is 0.682. The molecule has 1 aromatic carbocycles. The predicted octanol–water partition coefficient (Wildman–Crippen LogP) is 3.26. The number of hydrogen-bond acceptors (Lipinski definition) is 6. The minimum Gasteiger partial charge on any atom is -0.490 e. The summed E-state index contributed by atoms with van der Waals surface area (Å²) >= 11 is 0. The van der Waals surface area contributed by atoms with Crippen molar-refractivity contribution in [3.8, 4) is 5.75 Å². The van der Waals surface area contributed by atoms with Crippen molar-refractivity contribution in [3.63, 3.8) is 0 Å². The highest BCUT2D eigenvalue weighted by atomic mass is 32.2. The van der Waals surface area contributed by atoms with E-state index < -0.39 is 21.9 Å². The number of halogens is 1. The van der Waals surface area contributed by atoms with E-state index in [1.165, 1.54) is 10.4 Å². The molecule has 0 spiro atoms. The predicted molar refractivity (Wildman–Crippen MR) is 118 cm³/mol. The molecule has 2 rings (SSSR count). The number of rotatable bonds is 15. The zero-order valence-electron chi connectivity index (χ0n) is 18.7. The molecule has 0 saturated heterocycles. The molecule has 0 aromatic heterocycles. The Labute approximate surface area is 185 Å². The number of ether oxygens (including phenoxy) is 2. The van der Waals surface area contributed by atoms with Crippen LogP contribution in [0.4, 0.5) is 4.39 Å². The van der Waals surface area contributed by atoms with E-state index in [4.69, 9.17) is 9.47 Å². The number of nitrogens with one attached hydrogen (secondary N) is 1. The molecule has 9 heteroatoms. The summed E-state index contributed by atoms with van der Waals surface area (Å²) in [5.74, 6) is 0.000294. The first-order chi connectivity index (χ1) is 14.7. The van der Waals surface area contributed by atoms with Crippen LogP contribution in [0.25, 0.3) is 0 Å². The fourth-order valence-electron chi connectivity index (χ4n) is 3.09. The Morgan fingerprint density at radius 2 is 2.03 bits per heavy atom. The van der Waals surface area contributed by atoms with E-state index in [0.717, 1.165) is 25.7 Å². The van der Waals surface area contributed by atoms with Crippen molar-refractivity contribution in [2.45, 2.75) is 52.0 Å². The SMILES string of the molecule is CCOC(=O)CNCCCCCS(=O)(=O)N(C)[C@H](C)c1ccc(F)c(OCC2CC2)c1. The average molecular weight is 459 g/mol. The Balaban J connectivity index is 1.77. The molecule has 1 atom stereocenters. The van der Waals surface area contributed by atoms with Gasteiger partial charge in [0, 0.05) is 13.1 Å². The van der Waals surface area contributed by atoms with Gasteiger partial charge in [-0.05, 0) is 69.7 Å². The minimum absolute atomic E-state index is 0.0396. The van der Waals surface area contributed by atoms with Gasteiger partial charge in [-0.2, -0.15) is 4.31 Å². The van der Waals surface area contributed by atoms with Gasteiger partial charge in [0.1, 0.15) is 0 Å².